The van der Waals surface area contributed by atoms with Gasteiger partial charge in [-0.3, -0.25) is 9.78 Å². The van der Waals surface area contributed by atoms with Gasteiger partial charge in [-0.15, -0.1) is 11.3 Å². The van der Waals surface area contributed by atoms with E-state index in [4.69, 9.17) is 5.73 Å². The Labute approximate surface area is 100 Å². The summed E-state index contributed by atoms with van der Waals surface area (Å²) in [5, 5.41) is 0. The Morgan fingerprint density at radius 3 is 2.81 bits per heavy atom. The number of amides is 1. The topological polar surface area (TPSA) is 59.2 Å². The predicted octanol–water partition coefficient (Wildman–Crippen LogP) is 1.59. The molecule has 1 unspecified atom stereocenters. The van der Waals surface area contributed by atoms with Gasteiger partial charge < -0.3 is 10.6 Å². The molecule has 2 N–H and O–H groups in total. The van der Waals surface area contributed by atoms with Gasteiger partial charge in [0.05, 0.1) is 11.7 Å². The summed E-state index contributed by atoms with van der Waals surface area (Å²) >= 11 is 1.37. The second-order valence-electron chi connectivity index (χ2n) is 4.29. The van der Waals surface area contributed by atoms with E-state index in [2.05, 4.69) is 18.8 Å². The van der Waals surface area contributed by atoms with Crippen LogP contribution >= 0.6 is 11.3 Å². The molecule has 4 nitrogen and oxygen atoms in total. The van der Waals surface area contributed by atoms with Crippen LogP contribution in [0, 0.1) is 5.92 Å². The number of carbonyl (C=O) groups excluding carboxylic acids is 1. The zero-order valence-corrected chi connectivity index (χ0v) is 10.8. The van der Waals surface area contributed by atoms with Crippen molar-refractivity contribution in [2.24, 2.45) is 11.7 Å². The monoisotopic (exact) mass is 241 g/mol. The van der Waals surface area contributed by atoms with Gasteiger partial charge in [0.1, 0.15) is 4.88 Å². The van der Waals surface area contributed by atoms with Crippen molar-refractivity contribution < 1.29 is 4.79 Å². The number of rotatable bonds is 5. The summed E-state index contributed by atoms with van der Waals surface area (Å²) in [6.45, 7) is 4.88. The van der Waals surface area contributed by atoms with E-state index >= 15 is 0 Å². The first-order valence-corrected chi connectivity index (χ1v) is 6.30. The molecular formula is C11H19N3OS. The third-order valence-electron chi connectivity index (χ3n) is 2.64. The number of aromatic nitrogens is 1. The van der Waals surface area contributed by atoms with E-state index in [0.717, 1.165) is 6.42 Å². The molecule has 1 heterocycles. The summed E-state index contributed by atoms with van der Waals surface area (Å²) in [5.74, 6) is 0.477. The molecule has 90 valence electrons. The molecule has 0 radical (unpaired) electrons. The minimum Gasteiger partial charge on any atom is -0.341 e. The largest absolute Gasteiger partial charge is 0.341 e. The highest BCUT2D eigenvalue weighted by atomic mass is 32.1. The number of hydrogen-bond donors (Lipinski definition) is 1. The maximum atomic E-state index is 11.8. The van der Waals surface area contributed by atoms with Gasteiger partial charge in [-0.2, -0.15) is 0 Å². The Balaban J connectivity index is 2.41. The summed E-state index contributed by atoms with van der Waals surface area (Å²) in [5.41, 5.74) is 7.60. The van der Waals surface area contributed by atoms with Crippen molar-refractivity contribution in [3.63, 3.8) is 0 Å². The second-order valence-corrected chi connectivity index (χ2v) is 5.18. The minimum atomic E-state index is 0.0263. The van der Waals surface area contributed by atoms with Crippen LogP contribution in [0.15, 0.2) is 11.7 Å². The molecule has 0 aliphatic carbocycles. The SMILES string of the molecule is CC(C)C(N)CCN(C)C(=O)c1cncs1. The lowest BCUT2D eigenvalue weighted by atomic mass is 10.0. The Morgan fingerprint density at radius 2 is 2.31 bits per heavy atom. The molecule has 0 aliphatic heterocycles. The average Bonchev–Trinajstić information content (AvgIpc) is 2.77. The first kappa shape index (κ1) is 13.1. The molecule has 1 amide bonds. The van der Waals surface area contributed by atoms with E-state index in [1.165, 1.54) is 11.3 Å². The summed E-state index contributed by atoms with van der Waals surface area (Å²) in [6.07, 6.45) is 2.44. The molecule has 0 aromatic carbocycles. The Hall–Kier alpha value is -0.940. The second kappa shape index (κ2) is 5.96. The summed E-state index contributed by atoms with van der Waals surface area (Å²) < 4.78 is 0. The third kappa shape index (κ3) is 3.57. The Kier molecular flexibility index (Phi) is 4.89. The van der Waals surface area contributed by atoms with Crippen LogP contribution in [0.3, 0.4) is 0 Å². The lowest BCUT2D eigenvalue weighted by molar-refractivity contribution is 0.0793. The van der Waals surface area contributed by atoms with Crippen LogP contribution in [-0.2, 0) is 0 Å². The summed E-state index contributed by atoms with van der Waals surface area (Å²) in [7, 11) is 1.80. The van der Waals surface area contributed by atoms with E-state index in [-0.39, 0.29) is 11.9 Å². The molecule has 16 heavy (non-hydrogen) atoms. The smallest absolute Gasteiger partial charge is 0.265 e. The van der Waals surface area contributed by atoms with Crippen LogP contribution in [0.2, 0.25) is 0 Å². The normalized spacial score (nSPS) is 12.8. The highest BCUT2D eigenvalue weighted by molar-refractivity contribution is 7.11. The third-order valence-corrected chi connectivity index (χ3v) is 3.41. The molecule has 0 saturated carbocycles. The number of nitrogens with zero attached hydrogens (tertiary/aromatic N) is 2. The quantitative estimate of drug-likeness (QED) is 0.851. The zero-order valence-electron chi connectivity index (χ0n) is 10.0. The molecule has 0 spiro atoms. The van der Waals surface area contributed by atoms with Gasteiger partial charge >= 0.3 is 0 Å². The van der Waals surface area contributed by atoms with Gasteiger partial charge in [-0.25, -0.2) is 0 Å². The molecular weight excluding hydrogens is 222 g/mol. The summed E-state index contributed by atoms with van der Waals surface area (Å²) in [6, 6.07) is 0.150. The van der Waals surface area contributed by atoms with Crippen LogP contribution in [0.4, 0.5) is 0 Å². The number of carbonyl (C=O) groups is 1. The highest BCUT2D eigenvalue weighted by Gasteiger charge is 2.15. The number of nitrogens with two attached hydrogens (primary N) is 1. The van der Waals surface area contributed by atoms with E-state index < -0.39 is 0 Å². The first-order valence-electron chi connectivity index (χ1n) is 5.42. The molecule has 1 rings (SSSR count). The van der Waals surface area contributed by atoms with Crippen LogP contribution < -0.4 is 5.73 Å². The lowest BCUT2D eigenvalue weighted by Crippen LogP contribution is -2.34. The van der Waals surface area contributed by atoms with Crippen molar-refractivity contribution in [3.05, 3.63) is 16.6 Å². The van der Waals surface area contributed by atoms with Crippen molar-refractivity contribution >= 4 is 17.2 Å². The fourth-order valence-corrected chi connectivity index (χ4v) is 1.90. The van der Waals surface area contributed by atoms with E-state index in [9.17, 15) is 4.79 Å². The van der Waals surface area contributed by atoms with Gasteiger partial charge in [0, 0.05) is 19.6 Å². The number of thiazole rings is 1. The maximum absolute atomic E-state index is 11.8. The van der Waals surface area contributed by atoms with Gasteiger partial charge in [-0.1, -0.05) is 13.8 Å². The van der Waals surface area contributed by atoms with Crippen molar-refractivity contribution in [1.29, 1.82) is 0 Å². The van der Waals surface area contributed by atoms with E-state index in [1.807, 2.05) is 0 Å². The van der Waals surface area contributed by atoms with Crippen LogP contribution in [0.1, 0.15) is 29.9 Å². The average molecular weight is 241 g/mol. The molecule has 0 saturated heterocycles. The molecule has 0 bridgehead atoms. The van der Waals surface area contributed by atoms with Crippen LogP contribution in [-0.4, -0.2) is 35.4 Å². The molecule has 1 aromatic rings. The Morgan fingerprint density at radius 1 is 1.62 bits per heavy atom. The van der Waals surface area contributed by atoms with Crippen molar-refractivity contribution in [2.75, 3.05) is 13.6 Å². The van der Waals surface area contributed by atoms with Crippen molar-refractivity contribution in [1.82, 2.24) is 9.88 Å². The van der Waals surface area contributed by atoms with Crippen LogP contribution in [0.25, 0.3) is 0 Å². The van der Waals surface area contributed by atoms with E-state index in [1.54, 1.807) is 23.7 Å². The lowest BCUT2D eigenvalue weighted by Gasteiger charge is -2.20. The standard InChI is InChI=1S/C11H19N3OS/c1-8(2)9(12)4-5-14(3)11(15)10-6-13-7-16-10/h6-9H,4-5,12H2,1-3H3. The molecule has 0 aliphatic rings. The number of hydrogen-bond acceptors (Lipinski definition) is 4. The van der Waals surface area contributed by atoms with Gasteiger partial charge in [0.25, 0.3) is 5.91 Å². The van der Waals surface area contributed by atoms with Crippen LogP contribution in [0.5, 0.6) is 0 Å². The fourth-order valence-electron chi connectivity index (χ4n) is 1.29. The van der Waals surface area contributed by atoms with Crippen molar-refractivity contribution in [3.8, 4) is 0 Å². The van der Waals surface area contributed by atoms with Gasteiger partial charge in [-0.05, 0) is 12.3 Å². The first-order chi connectivity index (χ1) is 7.52. The molecule has 1 atom stereocenters. The molecule has 1 aromatic heterocycles. The van der Waals surface area contributed by atoms with Gasteiger partial charge in [0.15, 0.2) is 0 Å². The van der Waals surface area contributed by atoms with Crippen molar-refractivity contribution in [2.45, 2.75) is 26.3 Å². The molecule has 5 heteroatoms. The van der Waals surface area contributed by atoms with E-state index in [0.29, 0.717) is 17.3 Å². The Bertz CT molecular complexity index is 324. The minimum absolute atomic E-state index is 0.0263. The maximum Gasteiger partial charge on any atom is 0.265 e. The predicted molar refractivity (Wildman–Crippen MR) is 66.5 cm³/mol. The molecule has 0 fully saturated rings. The highest BCUT2D eigenvalue weighted by Crippen LogP contribution is 2.10. The summed E-state index contributed by atoms with van der Waals surface area (Å²) in [4.78, 5) is 18.1. The fraction of sp³-hybridized carbons (Fsp3) is 0.636. The van der Waals surface area contributed by atoms with Gasteiger partial charge in [0.2, 0.25) is 0 Å². The zero-order chi connectivity index (χ0) is 12.1.